The van der Waals surface area contributed by atoms with Crippen LogP contribution in [0, 0.1) is 0 Å². The Hall–Kier alpha value is -3.19. The molecule has 2 aromatic heterocycles. The number of nitrogens with one attached hydrogen (secondary N) is 1. The molecule has 0 radical (unpaired) electrons. The summed E-state index contributed by atoms with van der Waals surface area (Å²) >= 11 is 5.61. The van der Waals surface area contributed by atoms with E-state index in [1.165, 1.54) is 7.11 Å². The minimum atomic E-state index is -0.361. The number of hydrogen-bond acceptors (Lipinski definition) is 5. The minimum absolute atomic E-state index is 0.0876. The molecular weight excluding hydrogens is 398 g/mol. The molecule has 0 unspecified atom stereocenters. The highest BCUT2D eigenvalue weighted by atomic mass is 32.1. The molecule has 4 rings (SSSR count). The van der Waals surface area contributed by atoms with Gasteiger partial charge in [-0.3, -0.25) is 4.98 Å². The highest BCUT2D eigenvalue weighted by Gasteiger charge is 2.41. The summed E-state index contributed by atoms with van der Waals surface area (Å²) in [4.78, 5) is 18.4. The maximum absolute atomic E-state index is 11.7. The molecule has 1 fully saturated rings. The molecule has 0 spiro atoms. The van der Waals surface area contributed by atoms with Gasteiger partial charge in [-0.25, -0.2) is 4.79 Å². The number of furan rings is 1. The number of carbonyl (C=O) groups is 1. The van der Waals surface area contributed by atoms with Crippen LogP contribution in [0.4, 0.5) is 0 Å². The van der Waals surface area contributed by atoms with Gasteiger partial charge >= 0.3 is 5.97 Å². The van der Waals surface area contributed by atoms with E-state index in [0.29, 0.717) is 10.7 Å². The number of benzene rings is 1. The van der Waals surface area contributed by atoms with Crippen LogP contribution in [-0.2, 0) is 4.74 Å². The van der Waals surface area contributed by atoms with Gasteiger partial charge in [0.05, 0.1) is 24.4 Å². The van der Waals surface area contributed by atoms with E-state index in [4.69, 9.17) is 21.4 Å². The fraction of sp³-hybridized carbons (Fsp3) is 0.261. The Balaban J connectivity index is 1.66. The molecule has 154 valence electrons. The van der Waals surface area contributed by atoms with Gasteiger partial charge in [-0.1, -0.05) is 25.1 Å². The zero-order chi connectivity index (χ0) is 21.1. The van der Waals surface area contributed by atoms with Gasteiger partial charge in [0.2, 0.25) is 0 Å². The van der Waals surface area contributed by atoms with Crippen molar-refractivity contribution in [2.75, 3.05) is 13.7 Å². The summed E-state index contributed by atoms with van der Waals surface area (Å²) in [7, 11) is 1.37. The number of esters is 1. The van der Waals surface area contributed by atoms with E-state index in [0.717, 1.165) is 35.7 Å². The molecule has 0 bridgehead atoms. The molecule has 0 aliphatic carbocycles. The second-order valence-corrected chi connectivity index (χ2v) is 7.48. The molecule has 0 saturated carbocycles. The Morgan fingerprint density at radius 1 is 1.20 bits per heavy atom. The van der Waals surface area contributed by atoms with Crippen LogP contribution in [0.1, 0.15) is 47.2 Å². The third-order valence-corrected chi connectivity index (χ3v) is 5.52. The lowest BCUT2D eigenvalue weighted by Crippen LogP contribution is -2.30. The summed E-state index contributed by atoms with van der Waals surface area (Å²) in [6.45, 7) is 2.95. The second-order valence-electron chi connectivity index (χ2n) is 7.09. The number of aromatic nitrogens is 1. The van der Waals surface area contributed by atoms with Crippen LogP contribution in [0.2, 0.25) is 0 Å². The van der Waals surface area contributed by atoms with E-state index < -0.39 is 0 Å². The average molecular weight is 422 g/mol. The molecule has 30 heavy (non-hydrogen) atoms. The summed E-state index contributed by atoms with van der Waals surface area (Å²) in [5, 5.41) is 4.12. The first-order valence-corrected chi connectivity index (χ1v) is 10.3. The Labute approximate surface area is 180 Å². The second kappa shape index (κ2) is 8.67. The van der Waals surface area contributed by atoms with Crippen molar-refractivity contribution < 1.29 is 13.9 Å². The first-order chi connectivity index (χ1) is 14.6. The van der Waals surface area contributed by atoms with Crippen molar-refractivity contribution in [3.63, 3.8) is 0 Å². The van der Waals surface area contributed by atoms with Crippen molar-refractivity contribution in [2.24, 2.45) is 0 Å². The molecule has 1 aromatic carbocycles. The monoisotopic (exact) mass is 421 g/mol. The predicted octanol–water partition coefficient (Wildman–Crippen LogP) is 4.51. The van der Waals surface area contributed by atoms with Crippen LogP contribution < -0.4 is 5.32 Å². The maximum Gasteiger partial charge on any atom is 0.337 e. The largest absolute Gasteiger partial charge is 0.465 e. The number of rotatable bonds is 6. The van der Waals surface area contributed by atoms with E-state index in [1.54, 1.807) is 18.3 Å². The zero-order valence-corrected chi connectivity index (χ0v) is 17.7. The lowest BCUT2D eigenvalue weighted by atomic mass is 10.0. The third-order valence-electron chi connectivity index (χ3n) is 5.17. The molecule has 7 heteroatoms. The molecule has 2 atom stereocenters. The standard InChI is InChI=1S/C23H23N3O3S/c1-3-14-26-21(20(25-23(26)30)17-6-4-5-13-24-17)19-12-11-18(29-19)15-7-9-16(10-8-15)22(27)28-2/h4-13,20-21H,3,14H2,1-2H3,(H,25,30)/t20-,21-/m0/s1. The molecule has 1 saturated heterocycles. The van der Waals surface area contributed by atoms with E-state index >= 15 is 0 Å². The van der Waals surface area contributed by atoms with Crippen LogP contribution in [0.15, 0.2) is 65.2 Å². The van der Waals surface area contributed by atoms with Gasteiger partial charge in [-0.05, 0) is 55.0 Å². The van der Waals surface area contributed by atoms with Gasteiger partial charge in [0.25, 0.3) is 0 Å². The summed E-state index contributed by atoms with van der Waals surface area (Å²) in [5.41, 5.74) is 2.31. The first kappa shape index (κ1) is 20.1. The summed E-state index contributed by atoms with van der Waals surface area (Å²) < 4.78 is 11.0. The van der Waals surface area contributed by atoms with Crippen molar-refractivity contribution >= 4 is 23.3 Å². The van der Waals surface area contributed by atoms with Crippen molar-refractivity contribution in [3.05, 3.63) is 77.8 Å². The molecule has 1 aliphatic rings. The summed E-state index contributed by atoms with van der Waals surface area (Å²) in [5.74, 6) is 1.19. The molecule has 1 aliphatic heterocycles. The van der Waals surface area contributed by atoms with Crippen LogP contribution in [-0.4, -0.2) is 34.6 Å². The Kier molecular flexibility index (Phi) is 5.81. The summed E-state index contributed by atoms with van der Waals surface area (Å²) in [6, 6.07) is 16.8. The van der Waals surface area contributed by atoms with Crippen LogP contribution in [0.3, 0.4) is 0 Å². The van der Waals surface area contributed by atoms with Gasteiger partial charge in [-0.15, -0.1) is 0 Å². The molecule has 0 amide bonds. The zero-order valence-electron chi connectivity index (χ0n) is 16.9. The van der Waals surface area contributed by atoms with E-state index in [9.17, 15) is 4.79 Å². The molecule has 3 heterocycles. The van der Waals surface area contributed by atoms with Gasteiger partial charge < -0.3 is 19.4 Å². The highest BCUT2D eigenvalue weighted by molar-refractivity contribution is 7.80. The quantitative estimate of drug-likeness (QED) is 0.464. The lowest BCUT2D eigenvalue weighted by Gasteiger charge is -2.25. The van der Waals surface area contributed by atoms with Crippen LogP contribution in [0.5, 0.6) is 0 Å². The van der Waals surface area contributed by atoms with Crippen molar-refractivity contribution in [2.45, 2.75) is 25.4 Å². The van der Waals surface area contributed by atoms with E-state index in [-0.39, 0.29) is 18.1 Å². The van der Waals surface area contributed by atoms with E-state index in [2.05, 4.69) is 22.1 Å². The average Bonchev–Trinajstić information content (AvgIpc) is 3.39. The topological polar surface area (TPSA) is 67.6 Å². The number of ether oxygens (including phenoxy) is 1. The highest BCUT2D eigenvalue weighted by Crippen LogP contribution is 2.40. The summed E-state index contributed by atoms with van der Waals surface area (Å²) in [6.07, 6.45) is 2.76. The van der Waals surface area contributed by atoms with Gasteiger partial charge in [-0.2, -0.15) is 0 Å². The van der Waals surface area contributed by atoms with Crippen LogP contribution in [0.25, 0.3) is 11.3 Å². The van der Waals surface area contributed by atoms with Gasteiger partial charge in [0.1, 0.15) is 17.6 Å². The number of pyridine rings is 1. The fourth-order valence-corrected chi connectivity index (χ4v) is 4.08. The first-order valence-electron chi connectivity index (χ1n) is 9.89. The lowest BCUT2D eigenvalue weighted by molar-refractivity contribution is 0.0600. The van der Waals surface area contributed by atoms with Crippen molar-refractivity contribution in [1.29, 1.82) is 0 Å². The van der Waals surface area contributed by atoms with E-state index in [1.807, 2.05) is 42.5 Å². The number of thiocarbonyl (C=S) groups is 1. The normalized spacial score (nSPS) is 18.3. The number of methoxy groups -OCH3 is 1. The SMILES string of the molecule is CCCN1C(=S)N[C@@H](c2ccccn2)[C@@H]1c1ccc(-c2ccc(C(=O)OC)cc2)o1. The number of carbonyl (C=O) groups excluding carboxylic acids is 1. The molecular formula is C23H23N3O3S. The molecule has 3 aromatic rings. The molecule has 6 nitrogen and oxygen atoms in total. The number of hydrogen-bond donors (Lipinski definition) is 1. The minimum Gasteiger partial charge on any atom is -0.465 e. The van der Waals surface area contributed by atoms with Crippen molar-refractivity contribution in [3.8, 4) is 11.3 Å². The van der Waals surface area contributed by atoms with Gasteiger partial charge in [0, 0.05) is 18.3 Å². The number of nitrogens with zero attached hydrogens (tertiary/aromatic N) is 2. The molecule has 1 N–H and O–H groups in total. The van der Waals surface area contributed by atoms with Crippen LogP contribution >= 0.6 is 12.2 Å². The maximum atomic E-state index is 11.7. The smallest absolute Gasteiger partial charge is 0.337 e. The predicted molar refractivity (Wildman–Crippen MR) is 118 cm³/mol. The van der Waals surface area contributed by atoms with Crippen molar-refractivity contribution in [1.82, 2.24) is 15.2 Å². The Bertz CT molecular complexity index is 1030. The van der Waals surface area contributed by atoms with Gasteiger partial charge in [0.15, 0.2) is 5.11 Å². The fourth-order valence-electron chi connectivity index (χ4n) is 3.75. The third kappa shape index (κ3) is 3.80. The Morgan fingerprint density at radius 2 is 2.00 bits per heavy atom. The Morgan fingerprint density at radius 3 is 2.67 bits per heavy atom.